The van der Waals surface area contributed by atoms with Gasteiger partial charge in [0, 0.05) is 6.07 Å². The molecule has 0 atom stereocenters. The second-order valence-corrected chi connectivity index (χ2v) is 2.94. The highest BCUT2D eigenvalue weighted by molar-refractivity contribution is 5.59. The molecule has 0 aliphatic heterocycles. The summed E-state index contributed by atoms with van der Waals surface area (Å²) in [4.78, 5) is 0. The van der Waals surface area contributed by atoms with Gasteiger partial charge in [-0.1, -0.05) is 0 Å². The van der Waals surface area contributed by atoms with E-state index in [4.69, 9.17) is 20.9 Å². The van der Waals surface area contributed by atoms with Gasteiger partial charge in [0.15, 0.2) is 0 Å². The third kappa shape index (κ3) is 2.09. The van der Waals surface area contributed by atoms with Crippen molar-refractivity contribution in [3.8, 4) is 11.5 Å². The van der Waals surface area contributed by atoms with Crippen LogP contribution < -0.4 is 20.9 Å². The zero-order valence-electron chi connectivity index (χ0n) is 8.54. The summed E-state index contributed by atoms with van der Waals surface area (Å²) in [5.74, 6) is 1.39. The summed E-state index contributed by atoms with van der Waals surface area (Å²) in [5, 5.41) is 0. The summed E-state index contributed by atoms with van der Waals surface area (Å²) < 4.78 is 10.3. The van der Waals surface area contributed by atoms with Crippen LogP contribution in [0.1, 0.15) is 5.56 Å². The molecule has 78 valence electrons. The number of rotatable bonds is 4. The smallest absolute Gasteiger partial charge is 0.145 e. The van der Waals surface area contributed by atoms with Gasteiger partial charge in [0.05, 0.1) is 19.9 Å². The lowest BCUT2D eigenvalue weighted by atomic mass is 10.1. The lowest BCUT2D eigenvalue weighted by molar-refractivity contribution is 0.392. The molecule has 4 nitrogen and oxygen atoms in total. The van der Waals surface area contributed by atoms with Crippen LogP contribution in [0.25, 0.3) is 0 Å². The van der Waals surface area contributed by atoms with Crippen molar-refractivity contribution in [3.05, 3.63) is 17.7 Å². The first-order chi connectivity index (χ1) is 6.72. The van der Waals surface area contributed by atoms with Crippen LogP contribution in [-0.4, -0.2) is 20.8 Å². The van der Waals surface area contributed by atoms with Gasteiger partial charge in [0.2, 0.25) is 0 Å². The Morgan fingerprint density at radius 2 is 1.79 bits per heavy atom. The van der Waals surface area contributed by atoms with Crippen LogP contribution in [0.15, 0.2) is 12.1 Å². The molecule has 0 saturated heterocycles. The Morgan fingerprint density at radius 1 is 1.14 bits per heavy atom. The second kappa shape index (κ2) is 4.72. The first-order valence-corrected chi connectivity index (χ1v) is 4.43. The van der Waals surface area contributed by atoms with E-state index in [2.05, 4.69) is 0 Å². The number of hydrogen-bond donors (Lipinski definition) is 2. The van der Waals surface area contributed by atoms with Crippen LogP contribution in [-0.2, 0) is 6.42 Å². The normalized spacial score (nSPS) is 9.93. The standard InChI is InChI=1S/C10H16N2O2/c1-13-9-6-10(14-2)8(12)5-7(9)3-4-11/h5-6H,3-4,11-12H2,1-2H3. The van der Waals surface area contributed by atoms with E-state index in [0.717, 1.165) is 17.7 Å². The average molecular weight is 196 g/mol. The maximum Gasteiger partial charge on any atom is 0.145 e. The van der Waals surface area contributed by atoms with Gasteiger partial charge >= 0.3 is 0 Å². The molecule has 0 amide bonds. The molecule has 0 aromatic heterocycles. The lowest BCUT2D eigenvalue weighted by Crippen LogP contribution is -2.05. The maximum absolute atomic E-state index is 5.76. The average Bonchev–Trinajstić information content (AvgIpc) is 2.19. The number of benzene rings is 1. The summed E-state index contributed by atoms with van der Waals surface area (Å²) in [6.07, 6.45) is 0.747. The highest BCUT2D eigenvalue weighted by Crippen LogP contribution is 2.30. The van der Waals surface area contributed by atoms with Gasteiger partial charge in [0.1, 0.15) is 11.5 Å². The zero-order chi connectivity index (χ0) is 10.6. The van der Waals surface area contributed by atoms with Crippen molar-refractivity contribution in [3.63, 3.8) is 0 Å². The van der Waals surface area contributed by atoms with Crippen molar-refractivity contribution in [1.82, 2.24) is 0 Å². The van der Waals surface area contributed by atoms with Crippen LogP contribution in [0.5, 0.6) is 11.5 Å². The van der Waals surface area contributed by atoms with Crippen LogP contribution in [0.4, 0.5) is 5.69 Å². The van der Waals surface area contributed by atoms with Gasteiger partial charge < -0.3 is 20.9 Å². The highest BCUT2D eigenvalue weighted by atomic mass is 16.5. The van der Waals surface area contributed by atoms with Crippen LogP contribution in [0.2, 0.25) is 0 Å². The largest absolute Gasteiger partial charge is 0.496 e. The van der Waals surface area contributed by atoms with Gasteiger partial charge in [-0.25, -0.2) is 0 Å². The van der Waals surface area contributed by atoms with E-state index in [1.807, 2.05) is 6.07 Å². The van der Waals surface area contributed by atoms with Gasteiger partial charge in [-0.15, -0.1) is 0 Å². The fourth-order valence-corrected chi connectivity index (χ4v) is 1.34. The number of anilines is 1. The molecule has 0 aliphatic rings. The van der Waals surface area contributed by atoms with Crippen molar-refractivity contribution >= 4 is 5.69 Å². The minimum absolute atomic E-state index is 0.572. The third-order valence-corrected chi connectivity index (χ3v) is 2.05. The molecule has 0 radical (unpaired) electrons. The molecule has 1 rings (SSSR count). The Hall–Kier alpha value is -1.42. The van der Waals surface area contributed by atoms with Gasteiger partial charge in [0.25, 0.3) is 0 Å². The molecule has 4 N–H and O–H groups in total. The fraction of sp³-hybridized carbons (Fsp3) is 0.400. The van der Waals surface area contributed by atoms with Gasteiger partial charge in [-0.05, 0) is 24.6 Å². The maximum atomic E-state index is 5.76. The van der Waals surface area contributed by atoms with Gasteiger partial charge in [-0.3, -0.25) is 0 Å². The molecule has 0 saturated carbocycles. The first kappa shape index (κ1) is 10.7. The number of nitrogen functional groups attached to an aromatic ring is 1. The number of methoxy groups -OCH3 is 2. The SMILES string of the molecule is COc1cc(OC)c(CCN)cc1N. The molecule has 0 bridgehead atoms. The van der Waals surface area contributed by atoms with E-state index < -0.39 is 0 Å². The number of hydrogen-bond acceptors (Lipinski definition) is 4. The predicted molar refractivity (Wildman–Crippen MR) is 56.7 cm³/mol. The summed E-state index contributed by atoms with van der Waals surface area (Å²) >= 11 is 0. The second-order valence-electron chi connectivity index (χ2n) is 2.94. The topological polar surface area (TPSA) is 70.5 Å². The van der Waals surface area contributed by atoms with E-state index >= 15 is 0 Å². The minimum Gasteiger partial charge on any atom is -0.496 e. The van der Waals surface area contributed by atoms with Crippen LogP contribution >= 0.6 is 0 Å². The zero-order valence-corrected chi connectivity index (χ0v) is 8.54. The van der Waals surface area contributed by atoms with Crippen molar-refractivity contribution in [2.24, 2.45) is 5.73 Å². The molecule has 14 heavy (non-hydrogen) atoms. The van der Waals surface area contributed by atoms with Crippen LogP contribution in [0, 0.1) is 0 Å². The van der Waals surface area contributed by atoms with E-state index in [-0.39, 0.29) is 0 Å². The quantitative estimate of drug-likeness (QED) is 0.698. The van der Waals surface area contributed by atoms with Crippen molar-refractivity contribution in [1.29, 1.82) is 0 Å². The molecular weight excluding hydrogens is 180 g/mol. The molecule has 0 aliphatic carbocycles. The number of nitrogens with two attached hydrogens (primary N) is 2. The lowest BCUT2D eigenvalue weighted by Gasteiger charge is -2.11. The number of ether oxygens (including phenoxy) is 2. The Balaban J connectivity index is 3.10. The van der Waals surface area contributed by atoms with Gasteiger partial charge in [-0.2, -0.15) is 0 Å². The van der Waals surface area contributed by atoms with Crippen molar-refractivity contribution in [2.45, 2.75) is 6.42 Å². The predicted octanol–water partition coefficient (Wildman–Crippen LogP) is 0.787. The van der Waals surface area contributed by atoms with E-state index in [0.29, 0.717) is 18.0 Å². The molecule has 0 spiro atoms. The molecule has 4 heteroatoms. The molecule has 1 aromatic carbocycles. The Morgan fingerprint density at radius 3 is 2.29 bits per heavy atom. The van der Waals surface area contributed by atoms with Crippen molar-refractivity contribution < 1.29 is 9.47 Å². The fourth-order valence-electron chi connectivity index (χ4n) is 1.34. The van der Waals surface area contributed by atoms with E-state index in [1.165, 1.54) is 0 Å². The summed E-state index contributed by atoms with van der Waals surface area (Å²) in [5.41, 5.74) is 12.9. The Bertz CT molecular complexity index is 313. The molecule has 1 aromatic rings. The van der Waals surface area contributed by atoms with E-state index in [1.54, 1.807) is 20.3 Å². The Kier molecular flexibility index (Phi) is 3.59. The van der Waals surface area contributed by atoms with E-state index in [9.17, 15) is 0 Å². The minimum atomic E-state index is 0.572. The van der Waals surface area contributed by atoms with Crippen molar-refractivity contribution in [2.75, 3.05) is 26.5 Å². The highest BCUT2D eigenvalue weighted by Gasteiger charge is 2.07. The summed E-state index contributed by atoms with van der Waals surface area (Å²) in [6, 6.07) is 3.62. The summed E-state index contributed by atoms with van der Waals surface area (Å²) in [7, 11) is 3.19. The molecule has 0 unspecified atom stereocenters. The molecule has 0 heterocycles. The third-order valence-electron chi connectivity index (χ3n) is 2.05. The molecular formula is C10H16N2O2. The first-order valence-electron chi connectivity index (χ1n) is 4.43. The monoisotopic (exact) mass is 196 g/mol. The molecule has 0 fully saturated rings. The Labute approximate surface area is 83.8 Å². The van der Waals surface area contributed by atoms with Crippen LogP contribution in [0.3, 0.4) is 0 Å². The summed E-state index contributed by atoms with van der Waals surface area (Å²) in [6.45, 7) is 0.572.